The van der Waals surface area contributed by atoms with E-state index < -0.39 is 18.1 Å². The zero-order chi connectivity index (χ0) is 14.3. The highest BCUT2D eigenvalue weighted by Crippen LogP contribution is 2.37. The molecule has 2 N–H and O–H groups in total. The molecule has 1 saturated carbocycles. The summed E-state index contributed by atoms with van der Waals surface area (Å²) in [7, 11) is 0. The van der Waals surface area contributed by atoms with Gasteiger partial charge in [0.2, 0.25) is 5.91 Å². The summed E-state index contributed by atoms with van der Waals surface area (Å²) in [6.07, 6.45) is -0.836. The highest BCUT2D eigenvalue weighted by Gasteiger charge is 2.45. The number of hydrogen-bond acceptors (Lipinski definition) is 2. The van der Waals surface area contributed by atoms with E-state index in [4.69, 9.17) is 0 Å². The van der Waals surface area contributed by atoms with E-state index in [0.29, 0.717) is 25.9 Å². The average molecular weight is 280 g/mol. The maximum Gasteiger partial charge on any atom is 0.393 e. The van der Waals surface area contributed by atoms with Crippen molar-refractivity contribution in [1.82, 2.24) is 10.6 Å². The van der Waals surface area contributed by atoms with Gasteiger partial charge in [0, 0.05) is 25.6 Å². The van der Waals surface area contributed by atoms with Crippen molar-refractivity contribution in [2.75, 3.05) is 13.1 Å². The lowest BCUT2D eigenvalue weighted by atomic mass is 9.84. The van der Waals surface area contributed by atoms with Gasteiger partial charge in [0.1, 0.15) is 0 Å². The van der Waals surface area contributed by atoms with Crippen LogP contribution in [0.4, 0.5) is 13.2 Å². The minimum atomic E-state index is -4.14. The van der Waals surface area contributed by atoms with E-state index in [1.54, 1.807) is 0 Å². The predicted octanol–water partition coefficient (Wildman–Crippen LogP) is 2.61. The maximum atomic E-state index is 12.8. The Morgan fingerprint density at radius 3 is 2.53 bits per heavy atom. The first-order valence-electron chi connectivity index (χ1n) is 7.02. The molecule has 3 nitrogen and oxygen atoms in total. The Hall–Kier alpha value is -0.780. The molecule has 0 aliphatic heterocycles. The molecule has 1 fully saturated rings. The van der Waals surface area contributed by atoms with Crippen LogP contribution >= 0.6 is 0 Å². The summed E-state index contributed by atoms with van der Waals surface area (Å²) < 4.78 is 38.5. The van der Waals surface area contributed by atoms with E-state index in [1.165, 1.54) is 0 Å². The number of alkyl halides is 3. The fraction of sp³-hybridized carbons (Fsp3) is 0.923. The van der Waals surface area contributed by atoms with Gasteiger partial charge in [0.05, 0.1) is 5.92 Å². The number of amides is 1. The van der Waals surface area contributed by atoms with Gasteiger partial charge in [-0.25, -0.2) is 0 Å². The van der Waals surface area contributed by atoms with Gasteiger partial charge in [-0.3, -0.25) is 4.79 Å². The zero-order valence-electron chi connectivity index (χ0n) is 11.4. The van der Waals surface area contributed by atoms with Gasteiger partial charge in [-0.15, -0.1) is 0 Å². The lowest BCUT2D eigenvalue weighted by Crippen LogP contribution is -2.46. The summed E-state index contributed by atoms with van der Waals surface area (Å²) in [5.41, 5.74) is 0. The van der Waals surface area contributed by atoms with Crippen molar-refractivity contribution in [2.24, 2.45) is 5.92 Å². The normalized spacial score (nSPS) is 24.2. The molecule has 1 rings (SSSR count). The fourth-order valence-electron chi connectivity index (χ4n) is 2.49. The highest BCUT2D eigenvalue weighted by atomic mass is 19.4. The second kappa shape index (κ2) is 7.72. The second-order valence-corrected chi connectivity index (χ2v) is 5.09. The SMILES string of the molecule is CCCNC(=O)CCNC1CCCCC1C(F)(F)F. The summed E-state index contributed by atoms with van der Waals surface area (Å²) in [6, 6.07) is -0.535. The Kier molecular flexibility index (Phi) is 6.62. The van der Waals surface area contributed by atoms with Crippen molar-refractivity contribution < 1.29 is 18.0 Å². The van der Waals surface area contributed by atoms with E-state index in [1.807, 2.05) is 6.92 Å². The van der Waals surface area contributed by atoms with E-state index in [2.05, 4.69) is 10.6 Å². The molecule has 1 aliphatic rings. The molecule has 0 aromatic carbocycles. The summed E-state index contributed by atoms with van der Waals surface area (Å²) in [6.45, 7) is 2.88. The van der Waals surface area contributed by atoms with Gasteiger partial charge < -0.3 is 10.6 Å². The zero-order valence-corrected chi connectivity index (χ0v) is 11.4. The van der Waals surface area contributed by atoms with Crippen LogP contribution in [0.15, 0.2) is 0 Å². The number of carbonyl (C=O) groups is 1. The van der Waals surface area contributed by atoms with Gasteiger partial charge in [-0.2, -0.15) is 13.2 Å². The van der Waals surface area contributed by atoms with Crippen LogP contribution in [0.1, 0.15) is 45.4 Å². The molecule has 2 unspecified atom stereocenters. The fourth-order valence-corrected chi connectivity index (χ4v) is 2.49. The van der Waals surface area contributed by atoms with Crippen molar-refractivity contribution in [2.45, 2.75) is 57.7 Å². The molecule has 19 heavy (non-hydrogen) atoms. The molecule has 6 heteroatoms. The smallest absolute Gasteiger partial charge is 0.356 e. The lowest BCUT2D eigenvalue weighted by molar-refractivity contribution is -0.188. The minimum absolute atomic E-state index is 0.103. The van der Waals surface area contributed by atoms with Crippen molar-refractivity contribution in [3.8, 4) is 0 Å². The summed E-state index contributed by atoms with van der Waals surface area (Å²) in [5, 5.41) is 5.62. The van der Waals surface area contributed by atoms with Crippen molar-refractivity contribution >= 4 is 5.91 Å². The van der Waals surface area contributed by atoms with Gasteiger partial charge in [0.15, 0.2) is 0 Å². The molecule has 0 aromatic heterocycles. The molecule has 2 atom stereocenters. The van der Waals surface area contributed by atoms with E-state index in [9.17, 15) is 18.0 Å². The van der Waals surface area contributed by atoms with Crippen LogP contribution in [0.25, 0.3) is 0 Å². The van der Waals surface area contributed by atoms with Crippen LogP contribution in [0.3, 0.4) is 0 Å². The second-order valence-electron chi connectivity index (χ2n) is 5.09. The number of rotatable bonds is 6. The van der Waals surface area contributed by atoms with Gasteiger partial charge in [-0.05, 0) is 19.3 Å². The molecular formula is C13H23F3N2O. The molecule has 0 spiro atoms. The summed E-state index contributed by atoms with van der Waals surface area (Å²) >= 11 is 0. The Morgan fingerprint density at radius 1 is 1.21 bits per heavy atom. The Balaban J connectivity index is 2.31. The van der Waals surface area contributed by atoms with E-state index >= 15 is 0 Å². The van der Waals surface area contributed by atoms with Crippen molar-refractivity contribution in [1.29, 1.82) is 0 Å². The average Bonchev–Trinajstić information content (AvgIpc) is 2.35. The molecule has 0 heterocycles. The summed E-state index contributed by atoms with van der Waals surface area (Å²) in [4.78, 5) is 11.3. The molecule has 0 bridgehead atoms. The first kappa shape index (κ1) is 16.3. The maximum absolute atomic E-state index is 12.8. The number of halogens is 3. The molecule has 0 saturated heterocycles. The van der Waals surface area contributed by atoms with Crippen LogP contribution in [0.2, 0.25) is 0 Å². The monoisotopic (exact) mass is 280 g/mol. The Labute approximate surface area is 112 Å². The highest BCUT2D eigenvalue weighted by molar-refractivity contribution is 5.75. The number of carbonyl (C=O) groups excluding carboxylic acids is 1. The quantitative estimate of drug-likeness (QED) is 0.785. The van der Waals surface area contributed by atoms with Gasteiger partial charge in [-0.1, -0.05) is 19.8 Å². The van der Waals surface area contributed by atoms with E-state index in [-0.39, 0.29) is 18.7 Å². The van der Waals surface area contributed by atoms with Crippen molar-refractivity contribution in [3.05, 3.63) is 0 Å². The topological polar surface area (TPSA) is 41.1 Å². The molecule has 1 aliphatic carbocycles. The molecule has 0 radical (unpaired) electrons. The third-order valence-electron chi connectivity index (χ3n) is 3.52. The first-order valence-corrected chi connectivity index (χ1v) is 7.02. The van der Waals surface area contributed by atoms with Crippen LogP contribution < -0.4 is 10.6 Å². The minimum Gasteiger partial charge on any atom is -0.356 e. The van der Waals surface area contributed by atoms with Crippen LogP contribution in [0.5, 0.6) is 0 Å². The number of nitrogens with one attached hydrogen (secondary N) is 2. The van der Waals surface area contributed by atoms with Gasteiger partial charge in [0.25, 0.3) is 0 Å². The molecule has 1 amide bonds. The summed E-state index contributed by atoms with van der Waals surface area (Å²) in [5.74, 6) is -1.37. The first-order chi connectivity index (χ1) is 8.95. The van der Waals surface area contributed by atoms with Crippen LogP contribution in [-0.4, -0.2) is 31.2 Å². The third kappa shape index (κ3) is 5.80. The predicted molar refractivity (Wildman–Crippen MR) is 67.7 cm³/mol. The van der Waals surface area contributed by atoms with Gasteiger partial charge >= 0.3 is 6.18 Å². The largest absolute Gasteiger partial charge is 0.393 e. The molecular weight excluding hydrogens is 257 g/mol. The Morgan fingerprint density at radius 2 is 1.89 bits per heavy atom. The Bertz CT molecular complexity index is 282. The molecule has 0 aromatic rings. The van der Waals surface area contributed by atoms with E-state index in [0.717, 1.165) is 12.8 Å². The third-order valence-corrected chi connectivity index (χ3v) is 3.52. The lowest BCUT2D eigenvalue weighted by Gasteiger charge is -2.33. The van der Waals surface area contributed by atoms with Crippen LogP contribution in [0, 0.1) is 5.92 Å². The van der Waals surface area contributed by atoms with Crippen molar-refractivity contribution in [3.63, 3.8) is 0 Å². The standard InChI is InChI=1S/C13H23F3N2O/c1-2-8-18-12(19)7-9-17-11-6-4-3-5-10(11)13(14,15)16/h10-11,17H,2-9H2,1H3,(H,18,19). The van der Waals surface area contributed by atoms with Crippen LogP contribution in [-0.2, 0) is 4.79 Å². The molecule has 112 valence electrons. The number of hydrogen-bond donors (Lipinski definition) is 2.